The second-order valence-corrected chi connectivity index (χ2v) is 9.68. The molecule has 1 N–H and O–H groups in total. The number of nitro groups is 1. The number of rotatable bonds is 7. The lowest BCUT2D eigenvalue weighted by Gasteiger charge is -2.15. The number of hydrogen-bond donors (Lipinski definition) is 1. The van der Waals surface area contributed by atoms with E-state index in [-0.39, 0.29) is 27.0 Å². The maximum atomic E-state index is 13.2. The van der Waals surface area contributed by atoms with Gasteiger partial charge >= 0.3 is 0 Å². The van der Waals surface area contributed by atoms with E-state index in [0.29, 0.717) is 16.9 Å². The topological polar surface area (TPSA) is 101 Å². The normalized spacial score (nSPS) is 11.1. The summed E-state index contributed by atoms with van der Waals surface area (Å²) < 4.78 is 1.96. The van der Waals surface area contributed by atoms with Crippen LogP contribution in [0.15, 0.2) is 115 Å². The lowest BCUT2D eigenvalue weighted by molar-refractivity contribution is -0.384. The molecule has 0 unspecified atom stereocenters. The molecule has 41 heavy (non-hydrogen) atoms. The van der Waals surface area contributed by atoms with Gasteiger partial charge in [-0.05, 0) is 47.5 Å². The third-order valence-corrected chi connectivity index (χ3v) is 7.15. The van der Waals surface area contributed by atoms with Crippen molar-refractivity contribution in [2.24, 2.45) is 0 Å². The molecule has 0 radical (unpaired) electrons. The molecule has 200 valence electrons. The molecule has 5 rings (SSSR count). The highest BCUT2D eigenvalue weighted by atomic mass is 35.5. The van der Waals surface area contributed by atoms with Crippen LogP contribution < -0.4 is 5.32 Å². The number of carbonyl (C=O) groups excluding carboxylic acids is 1. The molecular weight excluding hydrogens is 559 g/mol. The van der Waals surface area contributed by atoms with Crippen LogP contribution >= 0.6 is 23.2 Å². The Labute approximate surface area is 245 Å². The van der Waals surface area contributed by atoms with E-state index in [1.807, 2.05) is 77.4 Å². The summed E-state index contributed by atoms with van der Waals surface area (Å²) in [5.41, 5.74) is 4.50. The fraction of sp³-hybridized carbons (Fsp3) is 0. The number of carbonyl (C=O) groups is 1. The number of benzene rings is 4. The standard InChI is InChI=1S/C32H20Cl2N4O3/c33-27-12-7-13-28(30(27)34)36-32(39)24(20-35)18-23-19-29(21-8-3-1-4-9-21)37(31(23)22-10-5-2-6-11-22)25-14-16-26(17-15-25)38(40)41/h1-19H,(H,36,39)/b24-18+. The van der Waals surface area contributed by atoms with Gasteiger partial charge in [0.15, 0.2) is 0 Å². The molecule has 1 amide bonds. The average Bonchev–Trinajstić information content (AvgIpc) is 3.38. The van der Waals surface area contributed by atoms with E-state index in [4.69, 9.17) is 23.2 Å². The van der Waals surface area contributed by atoms with Gasteiger partial charge < -0.3 is 9.88 Å². The minimum atomic E-state index is -0.653. The molecule has 0 aliphatic rings. The third-order valence-electron chi connectivity index (χ3n) is 6.33. The third kappa shape index (κ3) is 5.75. The second-order valence-electron chi connectivity index (χ2n) is 8.90. The number of non-ortho nitro benzene ring substituents is 1. The smallest absolute Gasteiger partial charge is 0.269 e. The first-order valence-electron chi connectivity index (χ1n) is 12.4. The maximum Gasteiger partial charge on any atom is 0.269 e. The molecule has 4 aromatic carbocycles. The molecule has 5 aromatic rings. The number of anilines is 1. The van der Waals surface area contributed by atoms with Gasteiger partial charge in [0.25, 0.3) is 11.6 Å². The number of nitrogens with one attached hydrogen (secondary N) is 1. The van der Waals surface area contributed by atoms with Crippen molar-refractivity contribution in [1.82, 2.24) is 4.57 Å². The van der Waals surface area contributed by atoms with Crippen molar-refractivity contribution in [3.63, 3.8) is 0 Å². The van der Waals surface area contributed by atoms with E-state index in [0.717, 1.165) is 16.8 Å². The molecule has 0 saturated heterocycles. The summed E-state index contributed by atoms with van der Waals surface area (Å²) in [5, 5.41) is 24.4. The summed E-state index contributed by atoms with van der Waals surface area (Å²) in [6.45, 7) is 0. The largest absolute Gasteiger partial charge is 0.320 e. The van der Waals surface area contributed by atoms with Crippen LogP contribution in [0.4, 0.5) is 11.4 Å². The molecule has 1 heterocycles. The van der Waals surface area contributed by atoms with Gasteiger partial charge in [0.1, 0.15) is 11.6 Å². The van der Waals surface area contributed by atoms with Gasteiger partial charge in [0, 0.05) is 23.4 Å². The molecular formula is C32H20Cl2N4O3. The molecule has 0 bridgehead atoms. The first-order valence-corrected chi connectivity index (χ1v) is 13.1. The second kappa shape index (κ2) is 11.9. The van der Waals surface area contributed by atoms with E-state index in [2.05, 4.69) is 5.32 Å². The van der Waals surface area contributed by atoms with Gasteiger partial charge in [-0.2, -0.15) is 5.26 Å². The Kier molecular flexibility index (Phi) is 7.97. The molecule has 0 aliphatic carbocycles. The predicted octanol–water partition coefficient (Wildman–Crippen LogP) is 8.57. The van der Waals surface area contributed by atoms with Crippen LogP contribution in [0.3, 0.4) is 0 Å². The van der Waals surface area contributed by atoms with E-state index >= 15 is 0 Å². The molecule has 0 spiro atoms. The SMILES string of the molecule is N#C/C(=C\c1cc(-c2ccccc2)n(-c2ccc([N+](=O)[O-])cc2)c1-c1ccccc1)C(=O)Nc1cccc(Cl)c1Cl. The van der Waals surface area contributed by atoms with Crippen LogP contribution in [-0.2, 0) is 4.79 Å². The highest BCUT2D eigenvalue weighted by molar-refractivity contribution is 6.44. The number of amides is 1. The molecule has 7 nitrogen and oxygen atoms in total. The molecule has 0 saturated carbocycles. The Morgan fingerprint density at radius 2 is 1.51 bits per heavy atom. The summed E-state index contributed by atoms with van der Waals surface area (Å²) in [6.07, 6.45) is 1.52. The van der Waals surface area contributed by atoms with Gasteiger partial charge in [0.2, 0.25) is 0 Å². The van der Waals surface area contributed by atoms with Crippen LogP contribution in [0, 0.1) is 21.4 Å². The van der Waals surface area contributed by atoms with Crippen LogP contribution in [0.2, 0.25) is 10.0 Å². The fourth-order valence-corrected chi connectivity index (χ4v) is 4.79. The lowest BCUT2D eigenvalue weighted by atomic mass is 10.0. The van der Waals surface area contributed by atoms with E-state index < -0.39 is 10.8 Å². The Bertz CT molecular complexity index is 1830. The summed E-state index contributed by atoms with van der Waals surface area (Å²) >= 11 is 12.3. The van der Waals surface area contributed by atoms with Crippen molar-refractivity contribution >= 4 is 46.6 Å². The first kappa shape index (κ1) is 27.4. The zero-order chi connectivity index (χ0) is 28.9. The quantitative estimate of drug-likeness (QED) is 0.0903. The zero-order valence-corrected chi connectivity index (χ0v) is 22.8. The van der Waals surface area contributed by atoms with Crippen molar-refractivity contribution in [2.45, 2.75) is 0 Å². The average molecular weight is 579 g/mol. The van der Waals surface area contributed by atoms with E-state index in [1.165, 1.54) is 18.2 Å². The van der Waals surface area contributed by atoms with Crippen molar-refractivity contribution in [3.8, 4) is 34.3 Å². The van der Waals surface area contributed by atoms with Gasteiger partial charge in [-0.3, -0.25) is 14.9 Å². The Hall–Kier alpha value is -5.16. The number of nitriles is 1. The van der Waals surface area contributed by atoms with Crippen molar-refractivity contribution in [3.05, 3.63) is 140 Å². The Balaban J connectivity index is 1.72. The maximum absolute atomic E-state index is 13.2. The van der Waals surface area contributed by atoms with Crippen molar-refractivity contribution in [2.75, 3.05) is 5.32 Å². The van der Waals surface area contributed by atoms with E-state index in [9.17, 15) is 20.2 Å². The first-order chi connectivity index (χ1) is 19.9. The molecule has 0 aliphatic heterocycles. The van der Waals surface area contributed by atoms with Crippen molar-refractivity contribution in [1.29, 1.82) is 5.26 Å². The Morgan fingerprint density at radius 3 is 2.12 bits per heavy atom. The summed E-state index contributed by atoms with van der Waals surface area (Å²) in [5.74, 6) is -0.653. The van der Waals surface area contributed by atoms with Gasteiger partial charge in [-0.1, -0.05) is 89.9 Å². The lowest BCUT2D eigenvalue weighted by Crippen LogP contribution is -2.13. The minimum absolute atomic E-state index is 0.0355. The molecule has 0 fully saturated rings. The highest BCUT2D eigenvalue weighted by Crippen LogP contribution is 2.38. The Morgan fingerprint density at radius 1 is 0.878 bits per heavy atom. The van der Waals surface area contributed by atoms with Crippen LogP contribution in [0.1, 0.15) is 5.56 Å². The summed E-state index contributed by atoms with van der Waals surface area (Å²) in [7, 11) is 0. The molecule has 0 atom stereocenters. The molecule has 1 aromatic heterocycles. The van der Waals surface area contributed by atoms with E-state index in [1.54, 1.807) is 30.3 Å². The summed E-state index contributed by atoms with van der Waals surface area (Å²) in [4.78, 5) is 24.1. The predicted molar refractivity (Wildman–Crippen MR) is 162 cm³/mol. The van der Waals surface area contributed by atoms with Gasteiger partial charge in [0.05, 0.1) is 32.0 Å². The highest BCUT2D eigenvalue weighted by Gasteiger charge is 2.21. The number of hydrogen-bond acceptors (Lipinski definition) is 4. The number of nitro benzene ring substituents is 1. The monoisotopic (exact) mass is 578 g/mol. The van der Waals surface area contributed by atoms with Gasteiger partial charge in [-0.25, -0.2) is 0 Å². The van der Waals surface area contributed by atoms with Crippen LogP contribution in [-0.4, -0.2) is 15.4 Å². The number of aromatic nitrogens is 1. The molecule has 9 heteroatoms. The minimum Gasteiger partial charge on any atom is -0.320 e. The number of halogens is 2. The van der Waals surface area contributed by atoms with Crippen LogP contribution in [0.5, 0.6) is 0 Å². The zero-order valence-electron chi connectivity index (χ0n) is 21.3. The summed E-state index contributed by atoms with van der Waals surface area (Å²) in [6, 6.07) is 34.0. The number of nitrogens with zero attached hydrogens (tertiary/aromatic N) is 3. The fourth-order valence-electron chi connectivity index (χ4n) is 4.44. The van der Waals surface area contributed by atoms with Crippen LogP contribution in [0.25, 0.3) is 34.3 Å². The van der Waals surface area contributed by atoms with Gasteiger partial charge in [-0.15, -0.1) is 0 Å². The van der Waals surface area contributed by atoms with Crippen molar-refractivity contribution < 1.29 is 9.72 Å².